The summed E-state index contributed by atoms with van der Waals surface area (Å²) >= 11 is 1.71. The summed E-state index contributed by atoms with van der Waals surface area (Å²) in [5.74, 6) is 0. The highest BCUT2D eigenvalue weighted by atomic mass is 32.1. The maximum atomic E-state index is 4.52. The van der Waals surface area contributed by atoms with Crippen molar-refractivity contribution in [2.24, 2.45) is 0 Å². The molecule has 0 aliphatic carbocycles. The van der Waals surface area contributed by atoms with Crippen molar-refractivity contribution in [2.45, 2.75) is 32.7 Å². The van der Waals surface area contributed by atoms with Crippen LogP contribution in [-0.4, -0.2) is 17.0 Å². The number of hydrogen-bond acceptors (Lipinski definition) is 4. The van der Waals surface area contributed by atoms with Crippen molar-refractivity contribution in [2.75, 3.05) is 7.05 Å². The molecule has 2 rings (SSSR count). The summed E-state index contributed by atoms with van der Waals surface area (Å²) in [4.78, 5) is 10.1. The largest absolute Gasteiger partial charge is 0.312 e. The van der Waals surface area contributed by atoms with Gasteiger partial charge in [-0.25, -0.2) is 4.98 Å². The molecule has 4 heteroatoms. The highest BCUT2D eigenvalue weighted by Crippen LogP contribution is 2.24. The third-order valence-corrected chi connectivity index (χ3v) is 4.20. The topological polar surface area (TPSA) is 37.8 Å². The smallest absolute Gasteiger partial charge is 0.0798 e. The van der Waals surface area contributed by atoms with Crippen LogP contribution in [0.2, 0.25) is 0 Å². The van der Waals surface area contributed by atoms with Crippen LogP contribution in [-0.2, 0) is 12.8 Å². The number of likely N-dealkylation sites (N-methyl/N-ethyl adjacent to an activating group) is 1. The van der Waals surface area contributed by atoms with Crippen LogP contribution in [0.1, 0.15) is 34.8 Å². The van der Waals surface area contributed by atoms with E-state index in [0.717, 1.165) is 24.2 Å². The molecular weight excluding hydrogens is 242 g/mol. The normalized spacial score (nSPS) is 12.6. The summed E-state index contributed by atoms with van der Waals surface area (Å²) in [7, 11) is 1.99. The summed E-state index contributed by atoms with van der Waals surface area (Å²) in [6.45, 7) is 4.21. The fourth-order valence-electron chi connectivity index (χ4n) is 1.97. The van der Waals surface area contributed by atoms with Gasteiger partial charge in [-0.2, -0.15) is 0 Å². The van der Waals surface area contributed by atoms with Crippen LogP contribution in [0, 0.1) is 6.92 Å². The van der Waals surface area contributed by atoms with Crippen molar-refractivity contribution < 1.29 is 0 Å². The molecule has 0 spiro atoms. The van der Waals surface area contributed by atoms with Gasteiger partial charge >= 0.3 is 0 Å². The van der Waals surface area contributed by atoms with E-state index in [1.807, 2.05) is 18.8 Å². The van der Waals surface area contributed by atoms with Gasteiger partial charge in [0, 0.05) is 29.2 Å². The summed E-state index contributed by atoms with van der Waals surface area (Å²) in [5.41, 5.74) is 5.43. The fourth-order valence-corrected chi connectivity index (χ4v) is 2.88. The van der Waals surface area contributed by atoms with Crippen LogP contribution >= 0.6 is 11.3 Å². The Kier molecular flexibility index (Phi) is 4.44. The van der Waals surface area contributed by atoms with Gasteiger partial charge in [0.15, 0.2) is 0 Å². The Morgan fingerprint density at radius 3 is 2.67 bits per heavy atom. The molecule has 2 aromatic heterocycles. The Morgan fingerprint density at radius 1 is 1.33 bits per heavy atom. The van der Waals surface area contributed by atoms with Crippen LogP contribution in [0.5, 0.6) is 0 Å². The first-order valence-corrected chi connectivity index (χ1v) is 7.13. The summed E-state index contributed by atoms with van der Waals surface area (Å²) in [6.07, 6.45) is 3.92. The Hall–Kier alpha value is -1.26. The molecule has 0 aliphatic rings. The van der Waals surface area contributed by atoms with E-state index >= 15 is 0 Å². The molecule has 0 amide bonds. The Bertz CT molecular complexity index is 490. The Labute approximate surface area is 112 Å². The Morgan fingerprint density at radius 2 is 2.17 bits per heavy atom. The molecule has 1 atom stereocenters. The molecule has 0 saturated heterocycles. The number of nitrogens with zero attached hydrogens (tertiary/aromatic N) is 2. The van der Waals surface area contributed by atoms with Gasteiger partial charge in [0.05, 0.1) is 11.2 Å². The standard InChI is InChI=1S/C14H19N3S/c1-4-11-5-6-12(16-8-11)7-13(15-3)14-10(2)17-9-18-14/h5-6,8-9,13,15H,4,7H2,1-3H3. The van der Waals surface area contributed by atoms with E-state index in [-0.39, 0.29) is 0 Å². The molecule has 2 heterocycles. The first-order valence-electron chi connectivity index (χ1n) is 6.25. The second-order valence-corrected chi connectivity index (χ2v) is 5.25. The lowest BCUT2D eigenvalue weighted by Crippen LogP contribution is -2.19. The van der Waals surface area contributed by atoms with E-state index in [9.17, 15) is 0 Å². The number of aromatic nitrogens is 2. The summed E-state index contributed by atoms with van der Waals surface area (Å²) in [5, 5.41) is 3.35. The van der Waals surface area contributed by atoms with E-state index in [4.69, 9.17) is 0 Å². The first kappa shape index (κ1) is 13.2. The molecule has 96 valence electrons. The third kappa shape index (κ3) is 2.94. The van der Waals surface area contributed by atoms with Crippen LogP contribution in [0.3, 0.4) is 0 Å². The van der Waals surface area contributed by atoms with Crippen LogP contribution in [0.15, 0.2) is 23.8 Å². The average molecular weight is 261 g/mol. The monoisotopic (exact) mass is 261 g/mol. The van der Waals surface area contributed by atoms with E-state index in [1.165, 1.54) is 10.4 Å². The van der Waals surface area contributed by atoms with Gasteiger partial charge in [-0.1, -0.05) is 13.0 Å². The zero-order chi connectivity index (χ0) is 13.0. The molecule has 0 radical (unpaired) electrons. The van der Waals surface area contributed by atoms with Crippen molar-refractivity contribution in [1.82, 2.24) is 15.3 Å². The van der Waals surface area contributed by atoms with Gasteiger partial charge in [0.1, 0.15) is 0 Å². The van der Waals surface area contributed by atoms with Crippen LogP contribution in [0.4, 0.5) is 0 Å². The maximum absolute atomic E-state index is 4.52. The van der Waals surface area contributed by atoms with Gasteiger partial charge in [0.25, 0.3) is 0 Å². The predicted molar refractivity (Wildman–Crippen MR) is 76.0 cm³/mol. The highest BCUT2D eigenvalue weighted by Gasteiger charge is 2.15. The van der Waals surface area contributed by atoms with E-state index in [0.29, 0.717) is 6.04 Å². The lowest BCUT2D eigenvalue weighted by molar-refractivity contribution is 0.590. The van der Waals surface area contributed by atoms with Crippen LogP contribution < -0.4 is 5.32 Å². The maximum Gasteiger partial charge on any atom is 0.0798 e. The second kappa shape index (κ2) is 6.07. The SMILES string of the molecule is CCc1ccc(CC(NC)c2scnc2C)nc1. The van der Waals surface area contributed by atoms with E-state index in [1.54, 1.807) is 11.3 Å². The lowest BCUT2D eigenvalue weighted by Gasteiger charge is -2.14. The Balaban J connectivity index is 2.13. The van der Waals surface area contributed by atoms with Gasteiger partial charge in [-0.05, 0) is 32.0 Å². The van der Waals surface area contributed by atoms with Crippen molar-refractivity contribution in [3.8, 4) is 0 Å². The lowest BCUT2D eigenvalue weighted by atomic mass is 10.1. The van der Waals surface area contributed by atoms with Crippen molar-refractivity contribution in [3.63, 3.8) is 0 Å². The molecule has 0 fully saturated rings. The minimum absolute atomic E-state index is 0.303. The molecular formula is C14H19N3S. The van der Waals surface area contributed by atoms with Gasteiger partial charge < -0.3 is 5.32 Å². The van der Waals surface area contributed by atoms with Crippen molar-refractivity contribution >= 4 is 11.3 Å². The average Bonchev–Trinajstić information content (AvgIpc) is 2.83. The third-order valence-electron chi connectivity index (χ3n) is 3.16. The van der Waals surface area contributed by atoms with Crippen molar-refractivity contribution in [3.05, 3.63) is 45.7 Å². The number of rotatable bonds is 5. The fraction of sp³-hybridized carbons (Fsp3) is 0.429. The summed E-state index contributed by atoms with van der Waals surface area (Å²) in [6, 6.07) is 4.59. The zero-order valence-electron chi connectivity index (χ0n) is 11.1. The number of nitrogens with one attached hydrogen (secondary N) is 1. The van der Waals surface area contributed by atoms with Gasteiger partial charge in [-0.3, -0.25) is 4.98 Å². The molecule has 1 N–H and O–H groups in total. The molecule has 18 heavy (non-hydrogen) atoms. The highest BCUT2D eigenvalue weighted by molar-refractivity contribution is 7.09. The second-order valence-electron chi connectivity index (χ2n) is 4.36. The number of hydrogen-bond donors (Lipinski definition) is 1. The first-order chi connectivity index (χ1) is 8.74. The van der Waals surface area contributed by atoms with Gasteiger partial charge in [-0.15, -0.1) is 11.3 Å². The molecule has 3 nitrogen and oxygen atoms in total. The number of thiazole rings is 1. The minimum atomic E-state index is 0.303. The van der Waals surface area contributed by atoms with Crippen molar-refractivity contribution in [1.29, 1.82) is 0 Å². The quantitative estimate of drug-likeness (QED) is 0.899. The number of pyridine rings is 1. The summed E-state index contributed by atoms with van der Waals surface area (Å²) < 4.78 is 0. The molecule has 0 aromatic carbocycles. The molecule has 2 aromatic rings. The van der Waals surface area contributed by atoms with Crippen LogP contribution in [0.25, 0.3) is 0 Å². The molecule has 0 bridgehead atoms. The molecule has 0 aliphatic heterocycles. The van der Waals surface area contributed by atoms with Gasteiger partial charge in [0.2, 0.25) is 0 Å². The van der Waals surface area contributed by atoms with E-state index in [2.05, 4.69) is 41.3 Å². The minimum Gasteiger partial charge on any atom is -0.312 e. The predicted octanol–water partition coefficient (Wildman–Crippen LogP) is 2.91. The molecule has 0 saturated carbocycles. The number of aryl methyl sites for hydroxylation is 2. The molecule has 1 unspecified atom stereocenters. The zero-order valence-corrected chi connectivity index (χ0v) is 11.9. The van der Waals surface area contributed by atoms with E-state index < -0.39 is 0 Å².